The highest BCUT2D eigenvalue weighted by Crippen LogP contribution is 2.29. The van der Waals surface area contributed by atoms with Crippen LogP contribution in [-0.4, -0.2) is 28.7 Å². The Morgan fingerprint density at radius 3 is 2.23 bits per heavy atom. The van der Waals surface area contributed by atoms with Gasteiger partial charge in [-0.2, -0.15) is 8.78 Å². The highest BCUT2D eigenvalue weighted by molar-refractivity contribution is 5.75. The Morgan fingerprint density at radius 2 is 1.77 bits per heavy atom. The number of alkyl halides is 2. The van der Waals surface area contributed by atoms with E-state index in [0.29, 0.717) is 5.56 Å². The third-order valence-corrected chi connectivity index (χ3v) is 2.67. The molecule has 0 spiro atoms. The van der Waals surface area contributed by atoms with Crippen molar-refractivity contribution >= 4 is 12.1 Å². The summed E-state index contributed by atoms with van der Waals surface area (Å²) in [5, 5.41) is 10.9. The van der Waals surface area contributed by atoms with E-state index >= 15 is 0 Å². The largest absolute Gasteiger partial charge is 0.477 e. The van der Waals surface area contributed by atoms with Gasteiger partial charge in [-0.05, 0) is 26.3 Å². The molecule has 1 rings (SSSR count). The number of carbonyl (C=O) groups is 2. The molecular formula is C15H19F2NO4. The predicted molar refractivity (Wildman–Crippen MR) is 75.8 cm³/mol. The molecule has 2 N–H and O–H groups in total. The van der Waals surface area contributed by atoms with Gasteiger partial charge in [-0.15, -0.1) is 0 Å². The van der Waals surface area contributed by atoms with Gasteiger partial charge in [0.15, 0.2) is 0 Å². The molecule has 0 radical (unpaired) electrons. The van der Waals surface area contributed by atoms with Crippen LogP contribution in [0, 0.1) is 0 Å². The quantitative estimate of drug-likeness (QED) is 0.873. The van der Waals surface area contributed by atoms with Gasteiger partial charge in [0.1, 0.15) is 5.60 Å². The number of hydrogen-bond acceptors (Lipinski definition) is 3. The zero-order valence-corrected chi connectivity index (χ0v) is 12.6. The molecule has 7 heteroatoms. The molecule has 1 aromatic carbocycles. The second-order valence-electron chi connectivity index (χ2n) is 5.82. The Balaban J connectivity index is 2.93. The zero-order chi connectivity index (χ0) is 17.0. The lowest BCUT2D eigenvalue weighted by molar-refractivity contribution is -0.166. The second kappa shape index (κ2) is 6.72. The van der Waals surface area contributed by atoms with E-state index in [1.165, 1.54) is 12.1 Å². The summed E-state index contributed by atoms with van der Waals surface area (Å²) in [7, 11) is 0. The highest BCUT2D eigenvalue weighted by Gasteiger charge is 2.42. The Bertz CT molecular complexity index is 526. The summed E-state index contributed by atoms with van der Waals surface area (Å²) in [5.41, 5.74) is -0.421. The standard InChI is InChI=1S/C15H19F2NO4/c1-14(2,3)22-13(21)18-11(9-15(16,17)12(19)20)10-7-5-4-6-8-10/h4-8,11H,9H2,1-3H3,(H,18,21)(H,19,20). The van der Waals surface area contributed by atoms with Crippen molar-refractivity contribution in [3.8, 4) is 0 Å². The first-order valence-electron chi connectivity index (χ1n) is 6.67. The molecule has 0 aliphatic rings. The molecule has 0 bridgehead atoms. The Kier molecular flexibility index (Phi) is 5.46. The topological polar surface area (TPSA) is 75.6 Å². The van der Waals surface area contributed by atoms with E-state index in [4.69, 9.17) is 9.84 Å². The monoisotopic (exact) mass is 315 g/mol. The van der Waals surface area contributed by atoms with Gasteiger partial charge in [-0.25, -0.2) is 9.59 Å². The highest BCUT2D eigenvalue weighted by atomic mass is 19.3. The minimum atomic E-state index is -3.96. The third kappa shape index (κ3) is 5.67. The first kappa shape index (κ1) is 17.9. The summed E-state index contributed by atoms with van der Waals surface area (Å²) in [6.07, 6.45) is -1.95. The maximum atomic E-state index is 13.5. The number of hydrogen-bond donors (Lipinski definition) is 2. The number of ether oxygens (including phenoxy) is 1. The van der Waals surface area contributed by atoms with Crippen LogP contribution in [0.2, 0.25) is 0 Å². The van der Waals surface area contributed by atoms with Gasteiger partial charge in [-0.1, -0.05) is 30.3 Å². The van der Waals surface area contributed by atoms with E-state index < -0.39 is 36.0 Å². The van der Waals surface area contributed by atoms with E-state index in [0.717, 1.165) is 0 Å². The average Bonchev–Trinajstić information content (AvgIpc) is 2.36. The summed E-state index contributed by atoms with van der Waals surface area (Å²) in [4.78, 5) is 22.4. The van der Waals surface area contributed by atoms with Gasteiger partial charge in [0.05, 0.1) is 6.04 Å². The molecule has 0 heterocycles. The van der Waals surface area contributed by atoms with Crippen LogP contribution in [0.25, 0.3) is 0 Å². The lowest BCUT2D eigenvalue weighted by atomic mass is 10.0. The Hall–Kier alpha value is -2.18. The van der Waals surface area contributed by atoms with E-state index in [2.05, 4.69) is 5.32 Å². The molecule has 0 aliphatic heterocycles. The Labute approximate surface area is 127 Å². The van der Waals surface area contributed by atoms with E-state index in [1.807, 2.05) is 0 Å². The fourth-order valence-corrected chi connectivity index (χ4v) is 1.73. The lowest BCUT2D eigenvalue weighted by Gasteiger charge is -2.25. The first-order chi connectivity index (χ1) is 10.0. The number of alkyl carbamates (subject to hydrolysis) is 1. The van der Waals surface area contributed by atoms with Crippen molar-refractivity contribution < 1.29 is 28.2 Å². The van der Waals surface area contributed by atoms with Crippen molar-refractivity contribution in [3.63, 3.8) is 0 Å². The smallest absolute Gasteiger partial charge is 0.408 e. The number of amides is 1. The number of benzene rings is 1. The van der Waals surface area contributed by atoms with Crippen LogP contribution in [-0.2, 0) is 9.53 Å². The van der Waals surface area contributed by atoms with Gasteiger partial charge in [0, 0.05) is 6.42 Å². The van der Waals surface area contributed by atoms with E-state index in [1.54, 1.807) is 39.0 Å². The van der Waals surface area contributed by atoms with E-state index in [-0.39, 0.29) is 0 Å². The Morgan fingerprint density at radius 1 is 1.23 bits per heavy atom. The molecule has 1 amide bonds. The van der Waals surface area contributed by atoms with Gasteiger partial charge >= 0.3 is 18.0 Å². The number of aliphatic carboxylic acids is 1. The van der Waals surface area contributed by atoms with Crippen LogP contribution in [0.1, 0.15) is 38.8 Å². The first-order valence-corrected chi connectivity index (χ1v) is 6.67. The summed E-state index contributed by atoms with van der Waals surface area (Å²) in [6.45, 7) is 4.90. The summed E-state index contributed by atoms with van der Waals surface area (Å²) >= 11 is 0. The molecule has 0 saturated heterocycles. The van der Waals surface area contributed by atoms with Crippen LogP contribution >= 0.6 is 0 Å². The van der Waals surface area contributed by atoms with Crippen LogP contribution < -0.4 is 5.32 Å². The van der Waals surface area contributed by atoms with E-state index in [9.17, 15) is 18.4 Å². The van der Waals surface area contributed by atoms with Crippen LogP contribution in [0.15, 0.2) is 30.3 Å². The summed E-state index contributed by atoms with van der Waals surface area (Å²) < 4.78 is 32.0. The maximum Gasteiger partial charge on any atom is 0.408 e. The molecular weight excluding hydrogens is 296 g/mol. The number of carboxylic acid groups (broad SMARTS) is 1. The van der Waals surface area contributed by atoms with Gasteiger partial charge in [-0.3, -0.25) is 0 Å². The van der Waals surface area contributed by atoms with Crippen molar-refractivity contribution in [1.82, 2.24) is 5.32 Å². The number of carboxylic acids is 1. The van der Waals surface area contributed by atoms with Gasteiger partial charge in [0.25, 0.3) is 0 Å². The van der Waals surface area contributed by atoms with Crippen molar-refractivity contribution in [2.45, 2.75) is 44.8 Å². The predicted octanol–water partition coefficient (Wildman–Crippen LogP) is 3.36. The maximum absolute atomic E-state index is 13.5. The van der Waals surface area contributed by atoms with Crippen molar-refractivity contribution in [2.24, 2.45) is 0 Å². The third-order valence-electron chi connectivity index (χ3n) is 2.67. The molecule has 1 aromatic rings. The van der Waals surface area contributed by atoms with Crippen LogP contribution in [0.5, 0.6) is 0 Å². The molecule has 0 aromatic heterocycles. The lowest BCUT2D eigenvalue weighted by Crippen LogP contribution is -2.39. The second-order valence-corrected chi connectivity index (χ2v) is 5.82. The number of halogens is 2. The molecule has 0 aliphatic carbocycles. The van der Waals surface area contributed by atoms with Crippen LogP contribution in [0.3, 0.4) is 0 Å². The molecule has 1 atom stereocenters. The van der Waals surface area contributed by atoms with Crippen molar-refractivity contribution in [3.05, 3.63) is 35.9 Å². The fourth-order valence-electron chi connectivity index (χ4n) is 1.73. The molecule has 5 nitrogen and oxygen atoms in total. The molecule has 1 unspecified atom stereocenters. The van der Waals surface area contributed by atoms with Gasteiger partial charge < -0.3 is 15.2 Å². The normalized spacial score (nSPS) is 13.3. The van der Waals surface area contributed by atoms with Crippen molar-refractivity contribution in [2.75, 3.05) is 0 Å². The molecule has 22 heavy (non-hydrogen) atoms. The molecule has 0 fully saturated rings. The number of rotatable bonds is 5. The summed E-state index contributed by atoms with van der Waals surface area (Å²) in [5.74, 6) is -6.20. The van der Waals surface area contributed by atoms with Gasteiger partial charge in [0.2, 0.25) is 0 Å². The molecule has 0 saturated carbocycles. The SMILES string of the molecule is CC(C)(C)OC(=O)NC(CC(F)(F)C(=O)O)c1ccccc1. The van der Waals surface area contributed by atoms with Crippen molar-refractivity contribution in [1.29, 1.82) is 0 Å². The van der Waals surface area contributed by atoms with Crippen LogP contribution in [0.4, 0.5) is 13.6 Å². The number of carbonyl (C=O) groups excluding carboxylic acids is 1. The summed E-state index contributed by atoms with van der Waals surface area (Å²) in [6, 6.07) is 6.78. The molecule has 122 valence electrons. The average molecular weight is 315 g/mol. The zero-order valence-electron chi connectivity index (χ0n) is 12.6. The fraction of sp³-hybridized carbons (Fsp3) is 0.467. The minimum Gasteiger partial charge on any atom is -0.477 e. The minimum absolute atomic E-state index is 0.370. The number of nitrogens with one attached hydrogen (secondary N) is 1.